The molecule has 0 saturated carbocycles. The van der Waals surface area contributed by atoms with Gasteiger partial charge in [0.25, 0.3) is 0 Å². The highest BCUT2D eigenvalue weighted by atomic mass is 16.5. The normalized spacial score (nSPS) is 16.3. The van der Waals surface area contributed by atoms with E-state index in [1.54, 1.807) is 7.11 Å². The fourth-order valence-corrected chi connectivity index (χ4v) is 4.36. The zero-order valence-electron chi connectivity index (χ0n) is 18.5. The van der Waals surface area contributed by atoms with Crippen LogP contribution in [0.1, 0.15) is 38.2 Å². The Kier molecular flexibility index (Phi) is 5.19. The maximum Gasteiger partial charge on any atom is 0.231 e. The molecule has 5 rings (SSSR count). The molecular weight excluding hydrogens is 402 g/mol. The van der Waals surface area contributed by atoms with Gasteiger partial charge in [0.15, 0.2) is 5.76 Å². The second kappa shape index (κ2) is 8.17. The van der Waals surface area contributed by atoms with Gasteiger partial charge in [0.05, 0.1) is 12.7 Å². The molecule has 3 aromatic carbocycles. The highest BCUT2D eigenvalue weighted by Crippen LogP contribution is 2.43. The van der Waals surface area contributed by atoms with Crippen molar-refractivity contribution in [3.63, 3.8) is 0 Å². The summed E-state index contributed by atoms with van der Waals surface area (Å²) in [5.74, 6) is 2.54. The van der Waals surface area contributed by atoms with E-state index in [-0.39, 0.29) is 5.78 Å². The standard InChI is InChI=1S/C27H25NO4/c1-17-8-4-5-9-19(17)13-24-25(29)22-12-21-15-28(14-20-10-6-7-11-23(20)30-3)16-31-26(21)18(2)27(22)32-24/h4-13H,14-16H2,1-3H3/b24-13-. The van der Waals surface area contributed by atoms with Gasteiger partial charge < -0.3 is 14.2 Å². The van der Waals surface area contributed by atoms with Gasteiger partial charge in [-0.05, 0) is 43.2 Å². The van der Waals surface area contributed by atoms with Crippen LogP contribution in [0.2, 0.25) is 0 Å². The minimum absolute atomic E-state index is 0.0870. The molecule has 0 spiro atoms. The summed E-state index contributed by atoms with van der Waals surface area (Å²) in [4.78, 5) is 15.3. The van der Waals surface area contributed by atoms with E-state index in [0.29, 0.717) is 36.9 Å². The number of carbonyl (C=O) groups excluding carboxylic acids is 1. The van der Waals surface area contributed by atoms with Crippen LogP contribution < -0.4 is 14.2 Å². The molecule has 0 atom stereocenters. The quantitative estimate of drug-likeness (QED) is 0.530. The van der Waals surface area contributed by atoms with Gasteiger partial charge in [0.2, 0.25) is 5.78 Å². The lowest BCUT2D eigenvalue weighted by atomic mass is 9.99. The molecule has 5 nitrogen and oxygen atoms in total. The molecule has 0 aliphatic carbocycles. The molecule has 0 aromatic heterocycles. The average Bonchev–Trinajstić information content (AvgIpc) is 3.11. The summed E-state index contributed by atoms with van der Waals surface area (Å²) in [6.45, 7) is 5.82. The Hall–Kier alpha value is -3.57. The van der Waals surface area contributed by atoms with Crippen LogP contribution in [-0.2, 0) is 13.1 Å². The van der Waals surface area contributed by atoms with Crippen LogP contribution in [0.4, 0.5) is 0 Å². The van der Waals surface area contributed by atoms with Crippen molar-refractivity contribution >= 4 is 11.9 Å². The van der Waals surface area contributed by atoms with E-state index in [1.807, 2.05) is 68.5 Å². The van der Waals surface area contributed by atoms with Crippen molar-refractivity contribution in [3.8, 4) is 17.2 Å². The Bertz CT molecular complexity index is 1240. The minimum Gasteiger partial charge on any atom is -0.496 e. The number of aryl methyl sites for hydroxylation is 1. The molecule has 5 heteroatoms. The molecule has 0 unspecified atom stereocenters. The lowest BCUT2D eigenvalue weighted by Crippen LogP contribution is -2.32. The molecule has 2 aliphatic rings. The van der Waals surface area contributed by atoms with E-state index in [9.17, 15) is 4.79 Å². The minimum atomic E-state index is -0.0870. The number of fused-ring (bicyclic) bond motifs is 2. The maximum atomic E-state index is 13.1. The Morgan fingerprint density at radius 2 is 1.84 bits per heavy atom. The number of carbonyl (C=O) groups is 1. The first-order valence-electron chi connectivity index (χ1n) is 10.7. The average molecular weight is 428 g/mol. The van der Waals surface area contributed by atoms with Gasteiger partial charge in [0, 0.05) is 29.8 Å². The van der Waals surface area contributed by atoms with Gasteiger partial charge in [-0.3, -0.25) is 9.69 Å². The summed E-state index contributed by atoms with van der Waals surface area (Å²) in [6.07, 6.45) is 1.82. The second-order valence-corrected chi connectivity index (χ2v) is 8.24. The molecule has 32 heavy (non-hydrogen) atoms. The fourth-order valence-electron chi connectivity index (χ4n) is 4.36. The van der Waals surface area contributed by atoms with Crippen LogP contribution in [0.5, 0.6) is 17.2 Å². The number of ether oxygens (including phenoxy) is 3. The highest BCUT2D eigenvalue weighted by molar-refractivity contribution is 6.15. The van der Waals surface area contributed by atoms with Crippen molar-refractivity contribution in [1.82, 2.24) is 4.90 Å². The van der Waals surface area contributed by atoms with E-state index in [0.717, 1.165) is 39.3 Å². The highest BCUT2D eigenvalue weighted by Gasteiger charge is 2.33. The van der Waals surface area contributed by atoms with Gasteiger partial charge in [-0.15, -0.1) is 0 Å². The smallest absolute Gasteiger partial charge is 0.231 e. The van der Waals surface area contributed by atoms with Crippen molar-refractivity contribution in [2.75, 3.05) is 13.8 Å². The number of methoxy groups -OCH3 is 1. The predicted octanol–water partition coefficient (Wildman–Crippen LogP) is 5.28. The van der Waals surface area contributed by atoms with Crippen LogP contribution in [-0.4, -0.2) is 24.5 Å². The van der Waals surface area contributed by atoms with E-state index in [4.69, 9.17) is 14.2 Å². The maximum absolute atomic E-state index is 13.1. The van der Waals surface area contributed by atoms with E-state index in [2.05, 4.69) is 11.0 Å². The summed E-state index contributed by atoms with van der Waals surface area (Å²) in [5, 5.41) is 0. The third-order valence-corrected chi connectivity index (χ3v) is 6.06. The monoisotopic (exact) mass is 427 g/mol. The molecular formula is C27H25NO4. The number of para-hydroxylation sites is 1. The Balaban J connectivity index is 1.43. The van der Waals surface area contributed by atoms with E-state index in [1.165, 1.54) is 0 Å². The molecule has 0 bridgehead atoms. The first-order valence-corrected chi connectivity index (χ1v) is 10.7. The summed E-state index contributed by atoms with van der Waals surface area (Å²) in [6, 6.07) is 17.9. The number of benzene rings is 3. The third-order valence-electron chi connectivity index (χ3n) is 6.06. The van der Waals surface area contributed by atoms with Crippen molar-refractivity contribution in [3.05, 3.63) is 93.7 Å². The molecule has 2 aliphatic heterocycles. The first-order chi connectivity index (χ1) is 15.5. The predicted molar refractivity (Wildman–Crippen MR) is 123 cm³/mol. The first kappa shape index (κ1) is 20.3. The van der Waals surface area contributed by atoms with E-state index < -0.39 is 0 Å². The number of nitrogens with zero attached hydrogens (tertiary/aromatic N) is 1. The molecule has 0 saturated heterocycles. The molecule has 2 heterocycles. The lowest BCUT2D eigenvalue weighted by molar-refractivity contribution is 0.0869. The van der Waals surface area contributed by atoms with Gasteiger partial charge in [-0.25, -0.2) is 0 Å². The van der Waals surface area contributed by atoms with Crippen molar-refractivity contribution < 1.29 is 19.0 Å². The molecule has 162 valence electrons. The van der Waals surface area contributed by atoms with Gasteiger partial charge in [0.1, 0.15) is 24.0 Å². The van der Waals surface area contributed by atoms with Crippen LogP contribution >= 0.6 is 0 Å². The van der Waals surface area contributed by atoms with E-state index >= 15 is 0 Å². The summed E-state index contributed by atoms with van der Waals surface area (Å²) >= 11 is 0. The van der Waals surface area contributed by atoms with Crippen LogP contribution in [0.15, 0.2) is 60.4 Å². The summed E-state index contributed by atoms with van der Waals surface area (Å²) in [7, 11) is 1.68. The summed E-state index contributed by atoms with van der Waals surface area (Å²) in [5.41, 5.74) is 5.64. The molecule has 0 N–H and O–H groups in total. The Morgan fingerprint density at radius 1 is 1.06 bits per heavy atom. The van der Waals surface area contributed by atoms with Gasteiger partial charge in [-0.2, -0.15) is 0 Å². The van der Waals surface area contributed by atoms with Crippen LogP contribution in [0, 0.1) is 13.8 Å². The SMILES string of the molecule is COc1ccccc1CN1COc2c(cc3c(c2C)O/C(=C\c2ccccc2C)C3=O)C1. The fraction of sp³-hybridized carbons (Fsp3) is 0.222. The second-order valence-electron chi connectivity index (χ2n) is 8.24. The van der Waals surface area contributed by atoms with Crippen molar-refractivity contribution in [1.29, 1.82) is 0 Å². The number of hydrogen-bond acceptors (Lipinski definition) is 5. The number of hydrogen-bond donors (Lipinski definition) is 0. The number of ketones is 1. The zero-order valence-corrected chi connectivity index (χ0v) is 18.5. The third kappa shape index (κ3) is 3.55. The topological polar surface area (TPSA) is 48.0 Å². The van der Waals surface area contributed by atoms with Crippen LogP contribution in [0.3, 0.4) is 0 Å². The Morgan fingerprint density at radius 3 is 2.66 bits per heavy atom. The number of allylic oxidation sites excluding steroid dienone is 1. The van der Waals surface area contributed by atoms with Gasteiger partial charge >= 0.3 is 0 Å². The van der Waals surface area contributed by atoms with Crippen LogP contribution in [0.25, 0.3) is 6.08 Å². The van der Waals surface area contributed by atoms with Crippen molar-refractivity contribution in [2.45, 2.75) is 26.9 Å². The summed E-state index contributed by atoms with van der Waals surface area (Å²) < 4.78 is 17.6. The number of rotatable bonds is 4. The number of Topliss-reactive ketones (excluding diaryl/α,β-unsaturated/α-hetero) is 1. The Labute approximate surface area is 187 Å². The molecule has 3 aromatic rings. The largest absolute Gasteiger partial charge is 0.496 e. The lowest BCUT2D eigenvalue weighted by Gasteiger charge is -2.30. The zero-order chi connectivity index (χ0) is 22.2. The van der Waals surface area contributed by atoms with Crippen molar-refractivity contribution in [2.24, 2.45) is 0 Å². The van der Waals surface area contributed by atoms with Gasteiger partial charge in [-0.1, -0.05) is 42.5 Å². The molecule has 0 radical (unpaired) electrons. The molecule has 0 amide bonds. The molecule has 0 fully saturated rings.